The third-order valence-electron chi connectivity index (χ3n) is 4.97. The summed E-state index contributed by atoms with van der Waals surface area (Å²) >= 11 is 0. The minimum Gasteiger partial charge on any atom is -0.478 e. The minimum atomic E-state index is -0.935. The van der Waals surface area contributed by atoms with Crippen LogP contribution in [0.15, 0.2) is 36.4 Å². The average molecular weight is 325 g/mol. The number of carboxylic acids is 1. The lowest BCUT2D eigenvalue weighted by molar-refractivity contribution is 0.0695. The highest BCUT2D eigenvalue weighted by Crippen LogP contribution is 2.29. The van der Waals surface area contributed by atoms with Gasteiger partial charge in [0.05, 0.1) is 11.3 Å². The molecule has 0 bridgehead atoms. The number of carbonyl (C=O) groups is 2. The number of aromatic nitrogens is 1. The first kappa shape index (κ1) is 16.5. The Kier molecular flexibility index (Phi) is 4.84. The number of ketones is 1. The molecule has 0 saturated carbocycles. The number of Topliss-reactive ketones (excluding diaryl/α,β-unsaturated/α-hetero) is 1. The molecular formula is C20H23NO3. The number of hydrogen-bond donors (Lipinski definition) is 1. The van der Waals surface area contributed by atoms with Crippen LogP contribution in [-0.4, -0.2) is 21.4 Å². The molecule has 2 heterocycles. The summed E-state index contributed by atoms with van der Waals surface area (Å²) in [5, 5.41) is 9.42. The van der Waals surface area contributed by atoms with Gasteiger partial charge in [-0.15, -0.1) is 0 Å². The second kappa shape index (κ2) is 7.04. The first-order valence-electron chi connectivity index (χ1n) is 8.65. The molecule has 2 aromatic rings. The molecule has 0 amide bonds. The number of carbonyl (C=O) groups excluding carboxylic acids is 1. The third-order valence-corrected chi connectivity index (χ3v) is 4.97. The SMILES string of the molecule is CC[C@@H](CC(=O)c1cc(C(=O)O)c2n1CCCC2)c1ccccc1. The fraction of sp³-hybridized carbons (Fsp3) is 0.400. The molecule has 1 aromatic carbocycles. The van der Waals surface area contributed by atoms with Gasteiger partial charge in [-0.25, -0.2) is 4.79 Å². The Bertz CT molecular complexity index is 746. The van der Waals surface area contributed by atoms with Gasteiger partial charge in [-0.05, 0) is 43.2 Å². The topological polar surface area (TPSA) is 59.3 Å². The van der Waals surface area contributed by atoms with Gasteiger partial charge >= 0.3 is 5.97 Å². The summed E-state index contributed by atoms with van der Waals surface area (Å²) in [4.78, 5) is 24.4. The van der Waals surface area contributed by atoms with E-state index in [0.717, 1.165) is 43.5 Å². The number of benzene rings is 1. The fourth-order valence-corrected chi connectivity index (χ4v) is 3.64. The normalized spacial score (nSPS) is 14.9. The summed E-state index contributed by atoms with van der Waals surface area (Å²) < 4.78 is 1.94. The highest BCUT2D eigenvalue weighted by Gasteiger charge is 2.26. The van der Waals surface area contributed by atoms with E-state index in [0.29, 0.717) is 17.7 Å². The van der Waals surface area contributed by atoms with Crippen molar-refractivity contribution < 1.29 is 14.7 Å². The van der Waals surface area contributed by atoms with Crippen molar-refractivity contribution in [3.63, 3.8) is 0 Å². The Morgan fingerprint density at radius 2 is 1.96 bits per heavy atom. The zero-order valence-electron chi connectivity index (χ0n) is 14.0. The lowest BCUT2D eigenvalue weighted by atomic mass is 9.90. The predicted molar refractivity (Wildman–Crippen MR) is 92.8 cm³/mol. The molecule has 1 atom stereocenters. The number of nitrogens with zero attached hydrogens (tertiary/aromatic N) is 1. The Labute approximate surface area is 142 Å². The quantitative estimate of drug-likeness (QED) is 0.806. The molecule has 0 aliphatic carbocycles. The van der Waals surface area contributed by atoms with E-state index in [1.54, 1.807) is 6.07 Å². The van der Waals surface area contributed by atoms with Crippen LogP contribution in [0, 0.1) is 0 Å². The molecule has 4 nitrogen and oxygen atoms in total. The van der Waals surface area contributed by atoms with Gasteiger partial charge in [0.1, 0.15) is 0 Å². The Morgan fingerprint density at radius 1 is 1.21 bits per heavy atom. The van der Waals surface area contributed by atoms with Crippen molar-refractivity contribution in [2.75, 3.05) is 0 Å². The van der Waals surface area contributed by atoms with Gasteiger partial charge in [0, 0.05) is 18.7 Å². The largest absolute Gasteiger partial charge is 0.478 e. The van der Waals surface area contributed by atoms with Gasteiger partial charge < -0.3 is 9.67 Å². The van der Waals surface area contributed by atoms with Crippen LogP contribution in [0.2, 0.25) is 0 Å². The maximum atomic E-state index is 12.9. The zero-order valence-corrected chi connectivity index (χ0v) is 14.0. The van der Waals surface area contributed by atoms with E-state index in [-0.39, 0.29) is 11.7 Å². The average Bonchev–Trinajstić information content (AvgIpc) is 3.00. The minimum absolute atomic E-state index is 0.0429. The van der Waals surface area contributed by atoms with Crippen molar-refractivity contribution >= 4 is 11.8 Å². The Hall–Kier alpha value is -2.36. The molecule has 0 unspecified atom stereocenters. The molecule has 126 valence electrons. The molecule has 1 N–H and O–H groups in total. The lowest BCUT2D eigenvalue weighted by Gasteiger charge is -2.19. The van der Waals surface area contributed by atoms with Crippen molar-refractivity contribution in [1.82, 2.24) is 4.57 Å². The van der Waals surface area contributed by atoms with Gasteiger partial charge in [-0.2, -0.15) is 0 Å². The van der Waals surface area contributed by atoms with Crippen molar-refractivity contribution in [3.05, 3.63) is 58.9 Å². The smallest absolute Gasteiger partial charge is 0.337 e. The van der Waals surface area contributed by atoms with Gasteiger partial charge in [-0.3, -0.25) is 4.79 Å². The third kappa shape index (κ3) is 3.14. The second-order valence-corrected chi connectivity index (χ2v) is 6.45. The molecule has 3 rings (SSSR count). The van der Waals surface area contributed by atoms with E-state index in [2.05, 4.69) is 19.1 Å². The van der Waals surface area contributed by atoms with Gasteiger partial charge in [-0.1, -0.05) is 37.3 Å². The van der Waals surface area contributed by atoms with Gasteiger partial charge in [0.2, 0.25) is 0 Å². The summed E-state index contributed by atoms with van der Waals surface area (Å²) in [5.41, 5.74) is 2.84. The summed E-state index contributed by atoms with van der Waals surface area (Å²) in [6.07, 6.45) is 4.03. The van der Waals surface area contributed by atoms with Crippen molar-refractivity contribution in [2.24, 2.45) is 0 Å². The monoisotopic (exact) mass is 325 g/mol. The van der Waals surface area contributed by atoms with E-state index in [9.17, 15) is 14.7 Å². The summed E-state index contributed by atoms with van der Waals surface area (Å²) in [5.74, 6) is -0.724. The van der Waals surface area contributed by atoms with Crippen LogP contribution >= 0.6 is 0 Å². The summed E-state index contributed by atoms with van der Waals surface area (Å²) in [6, 6.07) is 11.6. The Morgan fingerprint density at radius 3 is 2.62 bits per heavy atom. The highest BCUT2D eigenvalue weighted by molar-refractivity contribution is 5.99. The van der Waals surface area contributed by atoms with Crippen LogP contribution in [0.4, 0.5) is 0 Å². The van der Waals surface area contributed by atoms with Crippen LogP contribution < -0.4 is 0 Å². The highest BCUT2D eigenvalue weighted by atomic mass is 16.4. The number of hydrogen-bond acceptors (Lipinski definition) is 2. The predicted octanol–water partition coefficient (Wildman–Crippen LogP) is 4.29. The van der Waals surface area contributed by atoms with E-state index >= 15 is 0 Å². The standard InChI is InChI=1S/C20H23NO3/c1-2-14(15-8-4-3-5-9-15)12-19(22)18-13-16(20(23)24)17-10-6-7-11-21(17)18/h3-5,8-9,13-14H,2,6-7,10-12H2,1H3,(H,23,24)/t14-/m0/s1. The molecule has 0 radical (unpaired) electrons. The summed E-state index contributed by atoms with van der Waals surface area (Å²) in [6.45, 7) is 2.83. The van der Waals surface area contributed by atoms with E-state index in [1.165, 1.54) is 0 Å². The molecule has 4 heteroatoms. The van der Waals surface area contributed by atoms with Crippen LogP contribution in [0.3, 0.4) is 0 Å². The first-order valence-corrected chi connectivity index (χ1v) is 8.65. The molecule has 0 saturated heterocycles. The van der Waals surface area contributed by atoms with Crippen molar-refractivity contribution in [2.45, 2.75) is 51.5 Å². The number of aromatic carboxylic acids is 1. The maximum absolute atomic E-state index is 12.9. The fourth-order valence-electron chi connectivity index (χ4n) is 3.64. The van der Waals surface area contributed by atoms with E-state index < -0.39 is 5.97 Å². The molecule has 0 spiro atoms. The number of rotatable bonds is 6. The molecular weight excluding hydrogens is 302 g/mol. The lowest BCUT2D eigenvalue weighted by Crippen LogP contribution is -2.18. The van der Waals surface area contributed by atoms with Gasteiger partial charge in [0.25, 0.3) is 0 Å². The van der Waals surface area contributed by atoms with Crippen LogP contribution in [-0.2, 0) is 13.0 Å². The Balaban J connectivity index is 1.88. The van der Waals surface area contributed by atoms with E-state index in [4.69, 9.17) is 0 Å². The molecule has 1 aromatic heterocycles. The first-order chi connectivity index (χ1) is 11.6. The molecule has 24 heavy (non-hydrogen) atoms. The summed E-state index contributed by atoms with van der Waals surface area (Å²) in [7, 11) is 0. The maximum Gasteiger partial charge on any atom is 0.337 e. The second-order valence-electron chi connectivity index (χ2n) is 6.45. The molecule has 0 fully saturated rings. The van der Waals surface area contributed by atoms with Crippen LogP contribution in [0.1, 0.15) is 70.6 Å². The van der Waals surface area contributed by atoms with Crippen LogP contribution in [0.5, 0.6) is 0 Å². The van der Waals surface area contributed by atoms with Gasteiger partial charge in [0.15, 0.2) is 5.78 Å². The molecule has 1 aliphatic heterocycles. The number of carboxylic acid groups (broad SMARTS) is 1. The van der Waals surface area contributed by atoms with Crippen molar-refractivity contribution in [3.8, 4) is 0 Å². The van der Waals surface area contributed by atoms with E-state index in [1.807, 2.05) is 22.8 Å². The number of fused-ring (bicyclic) bond motifs is 1. The van der Waals surface area contributed by atoms with Crippen molar-refractivity contribution in [1.29, 1.82) is 0 Å². The van der Waals surface area contributed by atoms with Crippen LogP contribution in [0.25, 0.3) is 0 Å². The zero-order chi connectivity index (χ0) is 17.1. The molecule has 1 aliphatic rings.